The van der Waals surface area contributed by atoms with E-state index in [-0.39, 0.29) is 5.91 Å². The molecule has 6 nitrogen and oxygen atoms in total. The number of anilines is 1. The third-order valence-corrected chi connectivity index (χ3v) is 4.88. The van der Waals surface area contributed by atoms with Gasteiger partial charge in [0.1, 0.15) is 5.69 Å². The number of hydrogen-bond acceptors (Lipinski definition) is 5. The van der Waals surface area contributed by atoms with Crippen LogP contribution >= 0.6 is 23.4 Å². The van der Waals surface area contributed by atoms with Gasteiger partial charge >= 0.3 is 0 Å². The lowest BCUT2D eigenvalue weighted by atomic mass is 10.2. The Bertz CT molecular complexity index is 898. The lowest BCUT2D eigenvalue weighted by Crippen LogP contribution is -2.35. The van der Waals surface area contributed by atoms with Gasteiger partial charge in [-0.2, -0.15) is 0 Å². The number of carbonyl (C=O) groups is 1. The Labute approximate surface area is 147 Å². The van der Waals surface area contributed by atoms with Crippen LogP contribution in [0.2, 0.25) is 5.02 Å². The number of aromatic amines is 1. The van der Waals surface area contributed by atoms with Crippen LogP contribution in [0.5, 0.6) is 0 Å². The van der Waals surface area contributed by atoms with Crippen molar-refractivity contribution in [2.75, 3.05) is 10.7 Å². The number of rotatable bonds is 3. The van der Waals surface area contributed by atoms with E-state index in [1.54, 1.807) is 17.2 Å². The Morgan fingerprint density at radius 2 is 2.17 bits per heavy atom. The summed E-state index contributed by atoms with van der Waals surface area (Å²) in [5.41, 5.74) is 1.56. The van der Waals surface area contributed by atoms with E-state index in [1.165, 1.54) is 11.8 Å². The van der Waals surface area contributed by atoms with Crippen molar-refractivity contribution in [3.05, 3.63) is 53.4 Å². The number of carbonyl (C=O) groups excluding carboxylic acids is 1. The van der Waals surface area contributed by atoms with Gasteiger partial charge in [-0.1, -0.05) is 17.7 Å². The number of nitrogens with zero attached hydrogens (tertiary/aromatic N) is 4. The van der Waals surface area contributed by atoms with Gasteiger partial charge in [-0.3, -0.25) is 9.78 Å². The van der Waals surface area contributed by atoms with Crippen molar-refractivity contribution in [1.29, 1.82) is 0 Å². The number of amides is 1. The van der Waals surface area contributed by atoms with Gasteiger partial charge in [0, 0.05) is 16.1 Å². The summed E-state index contributed by atoms with van der Waals surface area (Å²) in [4.78, 5) is 22.4. The van der Waals surface area contributed by atoms with Gasteiger partial charge in [-0.25, -0.2) is 0 Å². The number of pyridine rings is 1. The number of hydrogen-bond donors (Lipinski definition) is 1. The Hall–Kier alpha value is -2.38. The molecule has 8 heteroatoms. The first-order valence-corrected chi connectivity index (χ1v) is 8.63. The molecule has 3 heterocycles. The van der Waals surface area contributed by atoms with E-state index in [0.717, 1.165) is 10.6 Å². The van der Waals surface area contributed by atoms with Crippen LogP contribution in [0.3, 0.4) is 0 Å². The molecule has 4 rings (SSSR count). The molecule has 0 saturated carbocycles. The topological polar surface area (TPSA) is 74.8 Å². The van der Waals surface area contributed by atoms with E-state index in [4.69, 9.17) is 11.6 Å². The maximum Gasteiger partial charge on any atom is 0.237 e. The van der Waals surface area contributed by atoms with Crippen LogP contribution in [0.25, 0.3) is 11.5 Å². The molecular weight excluding hydrogens is 346 g/mol. The van der Waals surface area contributed by atoms with Crippen LogP contribution < -0.4 is 4.90 Å². The summed E-state index contributed by atoms with van der Waals surface area (Å²) < 4.78 is 0. The molecule has 1 aliphatic rings. The summed E-state index contributed by atoms with van der Waals surface area (Å²) in [6, 6.07) is 11.1. The maximum absolute atomic E-state index is 12.3. The fraction of sp³-hybridized carbons (Fsp3) is 0.125. The minimum absolute atomic E-state index is 0.0330. The highest BCUT2D eigenvalue weighted by Gasteiger charge is 2.26. The van der Waals surface area contributed by atoms with Crippen molar-refractivity contribution >= 4 is 35.0 Å². The van der Waals surface area contributed by atoms with Gasteiger partial charge < -0.3 is 9.88 Å². The van der Waals surface area contributed by atoms with Gasteiger partial charge in [-0.05, 0) is 30.3 Å². The van der Waals surface area contributed by atoms with Crippen LogP contribution in [0.4, 0.5) is 5.69 Å². The molecule has 0 aliphatic carbocycles. The average molecular weight is 358 g/mol. The highest BCUT2D eigenvalue weighted by atomic mass is 35.5. The summed E-state index contributed by atoms with van der Waals surface area (Å²) in [6.07, 6.45) is 1.70. The fourth-order valence-electron chi connectivity index (χ4n) is 2.49. The number of nitrogens with one attached hydrogen (secondary N) is 1. The van der Waals surface area contributed by atoms with Crippen molar-refractivity contribution in [3.8, 4) is 11.5 Å². The predicted octanol–water partition coefficient (Wildman–Crippen LogP) is 3.16. The number of fused-ring (bicyclic) bond motifs is 1. The number of thioether (sulfide) groups is 1. The lowest BCUT2D eigenvalue weighted by Gasteiger charge is -2.28. The van der Waals surface area contributed by atoms with E-state index in [1.807, 2.05) is 30.3 Å². The number of halogens is 1. The van der Waals surface area contributed by atoms with Gasteiger partial charge in [0.15, 0.2) is 11.6 Å². The largest absolute Gasteiger partial charge is 0.322 e. The second kappa shape index (κ2) is 6.26. The average Bonchev–Trinajstić information content (AvgIpc) is 3.07. The van der Waals surface area contributed by atoms with Gasteiger partial charge in [-0.15, -0.1) is 22.0 Å². The Morgan fingerprint density at radius 1 is 1.25 bits per heavy atom. The highest BCUT2D eigenvalue weighted by Crippen LogP contribution is 2.37. The molecule has 120 valence electrons. The molecule has 0 atom stereocenters. The minimum Gasteiger partial charge on any atom is -0.322 e. The zero-order valence-corrected chi connectivity index (χ0v) is 14.0. The molecule has 1 amide bonds. The molecule has 0 unspecified atom stereocenters. The molecule has 0 saturated heterocycles. The summed E-state index contributed by atoms with van der Waals surface area (Å²) in [5, 5.41) is 8.91. The smallest absolute Gasteiger partial charge is 0.237 e. The molecule has 0 spiro atoms. The van der Waals surface area contributed by atoms with Crippen molar-refractivity contribution in [2.24, 2.45) is 0 Å². The maximum atomic E-state index is 12.3. The van der Waals surface area contributed by atoms with Crippen molar-refractivity contribution in [2.45, 2.75) is 11.4 Å². The first-order chi connectivity index (χ1) is 11.7. The number of H-pyrrole nitrogens is 1. The van der Waals surface area contributed by atoms with E-state index in [2.05, 4.69) is 20.2 Å². The number of aromatic nitrogens is 4. The van der Waals surface area contributed by atoms with E-state index in [0.29, 0.717) is 34.7 Å². The van der Waals surface area contributed by atoms with Crippen LogP contribution in [0, 0.1) is 0 Å². The third-order valence-electron chi connectivity index (χ3n) is 3.61. The molecule has 24 heavy (non-hydrogen) atoms. The molecule has 0 fully saturated rings. The Kier molecular flexibility index (Phi) is 3.95. The first kappa shape index (κ1) is 15.2. The van der Waals surface area contributed by atoms with Crippen LogP contribution in [0.15, 0.2) is 47.5 Å². The lowest BCUT2D eigenvalue weighted by molar-refractivity contribution is -0.116. The second-order valence-corrected chi connectivity index (χ2v) is 6.67. The zero-order chi connectivity index (χ0) is 16.5. The van der Waals surface area contributed by atoms with Crippen LogP contribution in [0.1, 0.15) is 5.82 Å². The Morgan fingerprint density at radius 3 is 3.00 bits per heavy atom. The fourth-order valence-corrected chi connectivity index (χ4v) is 3.70. The summed E-state index contributed by atoms with van der Waals surface area (Å²) in [7, 11) is 0. The molecule has 0 radical (unpaired) electrons. The minimum atomic E-state index is 0.0330. The van der Waals surface area contributed by atoms with E-state index >= 15 is 0 Å². The van der Waals surface area contributed by atoms with Crippen molar-refractivity contribution < 1.29 is 4.79 Å². The molecule has 3 aromatic rings. The first-order valence-electron chi connectivity index (χ1n) is 7.26. The van der Waals surface area contributed by atoms with Gasteiger partial charge in [0.05, 0.1) is 18.0 Å². The van der Waals surface area contributed by atoms with E-state index in [9.17, 15) is 4.79 Å². The van der Waals surface area contributed by atoms with Gasteiger partial charge in [0.25, 0.3) is 0 Å². The molecule has 1 aromatic carbocycles. The summed E-state index contributed by atoms with van der Waals surface area (Å²) in [6.45, 7) is 0.327. The molecule has 1 N–H and O–H groups in total. The second-order valence-electron chi connectivity index (χ2n) is 5.22. The van der Waals surface area contributed by atoms with Crippen LogP contribution in [-0.2, 0) is 11.3 Å². The normalized spacial score (nSPS) is 13.9. The zero-order valence-electron chi connectivity index (χ0n) is 12.4. The monoisotopic (exact) mass is 357 g/mol. The molecular formula is C16H12ClN5OS. The summed E-state index contributed by atoms with van der Waals surface area (Å²) >= 11 is 7.54. The third kappa shape index (κ3) is 2.88. The molecule has 2 aromatic heterocycles. The van der Waals surface area contributed by atoms with Gasteiger partial charge in [0.2, 0.25) is 5.91 Å². The van der Waals surface area contributed by atoms with E-state index < -0.39 is 0 Å². The summed E-state index contributed by atoms with van der Waals surface area (Å²) in [5.74, 6) is 1.61. The van der Waals surface area contributed by atoms with Crippen LogP contribution in [-0.4, -0.2) is 31.8 Å². The quantitative estimate of drug-likeness (QED) is 0.779. The SMILES string of the molecule is O=C1CSc2cc(Cl)ccc2N1Cc1nnc(-c2ccccn2)[nH]1. The van der Waals surface area contributed by atoms with Crippen molar-refractivity contribution in [1.82, 2.24) is 20.2 Å². The van der Waals surface area contributed by atoms with Crippen molar-refractivity contribution in [3.63, 3.8) is 0 Å². The Balaban J connectivity index is 1.62. The predicted molar refractivity (Wildman–Crippen MR) is 93.0 cm³/mol. The number of benzene rings is 1. The molecule has 1 aliphatic heterocycles. The molecule has 0 bridgehead atoms. The standard InChI is InChI=1S/C16H12ClN5OS/c17-10-4-5-12-13(7-10)24-9-15(23)22(12)8-14-19-16(21-20-14)11-3-1-2-6-18-11/h1-7H,8-9H2,(H,19,20,21). The highest BCUT2D eigenvalue weighted by molar-refractivity contribution is 8.00.